The summed E-state index contributed by atoms with van der Waals surface area (Å²) >= 11 is 11.5. The highest BCUT2D eigenvalue weighted by Crippen LogP contribution is 2.36. The Morgan fingerprint density at radius 3 is 3.04 bits per heavy atom. The third-order valence-electron chi connectivity index (χ3n) is 3.60. The lowest BCUT2D eigenvalue weighted by Crippen LogP contribution is -2.37. The molecule has 0 saturated carbocycles. The van der Waals surface area contributed by atoms with Crippen molar-refractivity contribution < 1.29 is 14.2 Å². The average molecular weight is 386 g/mol. The van der Waals surface area contributed by atoms with Crippen LogP contribution in [0.25, 0.3) is 0 Å². The van der Waals surface area contributed by atoms with Crippen molar-refractivity contribution in [1.29, 1.82) is 0 Å². The largest absolute Gasteiger partial charge is 0.493 e. The highest BCUT2D eigenvalue weighted by Gasteiger charge is 2.15. The van der Waals surface area contributed by atoms with E-state index < -0.39 is 0 Å². The molecule has 0 unspecified atom stereocenters. The number of hydrazone groups is 1. The Labute approximate surface area is 158 Å². The summed E-state index contributed by atoms with van der Waals surface area (Å²) in [5.41, 5.74) is 3.56. The summed E-state index contributed by atoms with van der Waals surface area (Å²) in [6, 6.07) is 3.58. The van der Waals surface area contributed by atoms with Crippen molar-refractivity contribution in [2.24, 2.45) is 5.10 Å². The Hall–Kier alpha value is -1.57. The predicted octanol–water partition coefficient (Wildman–Crippen LogP) is 3.11. The summed E-state index contributed by atoms with van der Waals surface area (Å²) in [6.45, 7) is 4.12. The van der Waals surface area contributed by atoms with Crippen LogP contribution >= 0.6 is 23.8 Å². The van der Waals surface area contributed by atoms with Crippen molar-refractivity contribution in [1.82, 2.24) is 10.7 Å². The number of thiocarbonyl (C=S) groups is 1. The molecule has 1 aromatic carbocycles. The van der Waals surface area contributed by atoms with Crippen LogP contribution in [0.5, 0.6) is 11.5 Å². The minimum Gasteiger partial charge on any atom is -0.493 e. The first kappa shape index (κ1) is 19.8. The number of hydrogen-bond donors (Lipinski definition) is 2. The molecule has 1 aliphatic rings. The molecule has 0 spiro atoms. The van der Waals surface area contributed by atoms with Crippen LogP contribution in [-0.4, -0.2) is 44.3 Å². The van der Waals surface area contributed by atoms with Gasteiger partial charge < -0.3 is 19.5 Å². The second kappa shape index (κ2) is 10.4. The van der Waals surface area contributed by atoms with Gasteiger partial charge in [-0.2, -0.15) is 5.10 Å². The second-order valence-corrected chi connectivity index (χ2v) is 6.41. The van der Waals surface area contributed by atoms with Gasteiger partial charge in [-0.15, -0.1) is 0 Å². The van der Waals surface area contributed by atoms with E-state index in [1.165, 1.54) is 0 Å². The van der Waals surface area contributed by atoms with E-state index in [0.717, 1.165) is 31.4 Å². The third-order valence-corrected chi connectivity index (χ3v) is 4.11. The number of methoxy groups -OCH3 is 1. The van der Waals surface area contributed by atoms with Crippen molar-refractivity contribution in [2.45, 2.75) is 32.3 Å². The van der Waals surface area contributed by atoms with Gasteiger partial charge in [-0.25, -0.2) is 0 Å². The smallest absolute Gasteiger partial charge is 0.187 e. The molecule has 2 N–H and O–H groups in total. The van der Waals surface area contributed by atoms with Gasteiger partial charge >= 0.3 is 0 Å². The topological polar surface area (TPSA) is 64.1 Å². The van der Waals surface area contributed by atoms with E-state index in [4.69, 9.17) is 38.0 Å². The van der Waals surface area contributed by atoms with Gasteiger partial charge in [0.05, 0.1) is 31.1 Å². The number of benzene rings is 1. The Bertz CT molecular complexity index is 607. The maximum Gasteiger partial charge on any atom is 0.187 e. The number of hydrogen-bond acceptors (Lipinski definition) is 5. The van der Waals surface area contributed by atoms with Crippen LogP contribution in [0.1, 0.15) is 31.7 Å². The minimum atomic E-state index is 0.225. The molecule has 1 atom stereocenters. The molecule has 1 saturated heterocycles. The lowest BCUT2D eigenvalue weighted by atomic mass is 10.2. The molecular weight excluding hydrogens is 362 g/mol. The number of rotatable bonds is 8. The van der Waals surface area contributed by atoms with Crippen molar-refractivity contribution in [3.05, 3.63) is 22.7 Å². The average Bonchev–Trinajstić information content (AvgIpc) is 3.12. The first-order valence-electron chi connectivity index (χ1n) is 8.32. The predicted molar refractivity (Wildman–Crippen MR) is 104 cm³/mol. The van der Waals surface area contributed by atoms with Gasteiger partial charge in [-0.05, 0) is 49.2 Å². The number of ether oxygens (including phenoxy) is 3. The molecule has 0 aliphatic carbocycles. The van der Waals surface area contributed by atoms with Crippen molar-refractivity contribution in [3.63, 3.8) is 0 Å². The Balaban J connectivity index is 1.88. The third kappa shape index (κ3) is 6.34. The summed E-state index contributed by atoms with van der Waals surface area (Å²) < 4.78 is 16.5. The normalized spacial score (nSPS) is 16.8. The Morgan fingerprint density at radius 1 is 1.52 bits per heavy atom. The molecule has 1 heterocycles. The van der Waals surface area contributed by atoms with Crippen LogP contribution in [0.2, 0.25) is 5.02 Å². The molecule has 0 bridgehead atoms. The van der Waals surface area contributed by atoms with Crippen molar-refractivity contribution in [3.8, 4) is 11.5 Å². The number of nitrogens with one attached hydrogen (secondary N) is 2. The van der Waals surface area contributed by atoms with Crippen LogP contribution in [-0.2, 0) is 4.74 Å². The van der Waals surface area contributed by atoms with E-state index in [1.54, 1.807) is 19.4 Å². The lowest BCUT2D eigenvalue weighted by molar-refractivity contribution is 0.114. The van der Waals surface area contributed by atoms with E-state index in [0.29, 0.717) is 34.8 Å². The molecule has 138 valence electrons. The van der Waals surface area contributed by atoms with Gasteiger partial charge in [0.15, 0.2) is 16.6 Å². The highest BCUT2D eigenvalue weighted by molar-refractivity contribution is 7.80. The molecule has 6 nitrogen and oxygen atoms in total. The van der Waals surface area contributed by atoms with Crippen LogP contribution in [0.4, 0.5) is 0 Å². The minimum absolute atomic E-state index is 0.225. The van der Waals surface area contributed by atoms with Crippen LogP contribution in [0.3, 0.4) is 0 Å². The first-order chi connectivity index (χ1) is 12.1. The summed E-state index contributed by atoms with van der Waals surface area (Å²) in [5.74, 6) is 1.12. The zero-order valence-corrected chi connectivity index (χ0v) is 16.1. The maximum atomic E-state index is 6.27. The fraction of sp³-hybridized carbons (Fsp3) is 0.529. The van der Waals surface area contributed by atoms with Gasteiger partial charge in [-0.3, -0.25) is 5.43 Å². The van der Waals surface area contributed by atoms with Crippen molar-refractivity contribution in [2.75, 3.05) is 26.9 Å². The maximum absolute atomic E-state index is 6.27. The molecule has 1 fully saturated rings. The first-order valence-corrected chi connectivity index (χ1v) is 9.11. The summed E-state index contributed by atoms with van der Waals surface area (Å²) in [4.78, 5) is 0. The number of nitrogens with zero attached hydrogens (tertiary/aromatic N) is 1. The Morgan fingerprint density at radius 2 is 2.36 bits per heavy atom. The highest BCUT2D eigenvalue weighted by atomic mass is 35.5. The zero-order valence-electron chi connectivity index (χ0n) is 14.5. The van der Waals surface area contributed by atoms with Gasteiger partial charge in [0, 0.05) is 13.2 Å². The van der Waals surface area contributed by atoms with E-state index in [9.17, 15) is 0 Å². The fourth-order valence-electron chi connectivity index (χ4n) is 2.38. The molecule has 2 rings (SSSR count). The Kier molecular flexibility index (Phi) is 8.24. The molecule has 1 aromatic rings. The lowest BCUT2D eigenvalue weighted by Gasteiger charge is -2.13. The molecule has 8 heteroatoms. The van der Waals surface area contributed by atoms with Crippen LogP contribution < -0.4 is 20.2 Å². The molecular formula is C17H24ClN3O3S. The molecule has 0 amide bonds. The van der Waals surface area contributed by atoms with Gasteiger partial charge in [-0.1, -0.05) is 18.5 Å². The quantitative estimate of drug-likeness (QED) is 0.407. The standard InChI is InChI=1S/C17H24ClN3O3S/c1-3-6-24-16-14(18)8-12(9-15(16)22-2)10-20-21-17(25)19-11-13-5-4-7-23-13/h8-10,13H,3-7,11H2,1-2H3,(H2,19,21,25)/b20-10-/t13-/m0/s1. The molecule has 0 radical (unpaired) electrons. The molecule has 25 heavy (non-hydrogen) atoms. The summed E-state index contributed by atoms with van der Waals surface area (Å²) in [6.07, 6.45) is 4.90. The van der Waals surface area contributed by atoms with Crippen molar-refractivity contribution >= 4 is 35.1 Å². The van der Waals surface area contributed by atoms with Gasteiger partial charge in [0.2, 0.25) is 0 Å². The van der Waals surface area contributed by atoms with Crippen LogP contribution in [0.15, 0.2) is 17.2 Å². The van der Waals surface area contributed by atoms with E-state index >= 15 is 0 Å². The van der Waals surface area contributed by atoms with E-state index in [2.05, 4.69) is 15.8 Å². The SMILES string of the molecule is CCCOc1c(Cl)cc(/C=N\NC(=S)NC[C@@H]2CCCO2)cc1OC. The van der Waals surface area contributed by atoms with Gasteiger partial charge in [0.1, 0.15) is 0 Å². The van der Waals surface area contributed by atoms with E-state index in [-0.39, 0.29) is 6.10 Å². The molecule has 0 aromatic heterocycles. The zero-order chi connectivity index (χ0) is 18.1. The van der Waals surface area contributed by atoms with Crippen LogP contribution in [0, 0.1) is 0 Å². The summed E-state index contributed by atoms with van der Waals surface area (Å²) in [7, 11) is 1.58. The summed E-state index contributed by atoms with van der Waals surface area (Å²) in [5, 5.41) is 8.14. The number of halogens is 1. The second-order valence-electron chi connectivity index (χ2n) is 5.60. The fourth-order valence-corrected chi connectivity index (χ4v) is 2.79. The van der Waals surface area contributed by atoms with Gasteiger partial charge in [0.25, 0.3) is 0 Å². The molecule has 1 aliphatic heterocycles. The van der Waals surface area contributed by atoms with E-state index in [1.807, 2.05) is 13.0 Å². The monoisotopic (exact) mass is 385 g/mol.